The van der Waals surface area contributed by atoms with Gasteiger partial charge in [0.05, 0.1) is 31.2 Å². The van der Waals surface area contributed by atoms with Gasteiger partial charge in [-0.25, -0.2) is 0 Å². The molecule has 0 saturated carbocycles. The van der Waals surface area contributed by atoms with Gasteiger partial charge in [0.25, 0.3) is 0 Å². The molecule has 3 aliphatic rings. The molecule has 2 atom stereocenters. The number of ether oxygens (including phenoxy) is 1. The molecular weight excluding hydrogens is 274 g/mol. The molecule has 1 spiro atoms. The van der Waals surface area contributed by atoms with Crippen molar-refractivity contribution in [2.24, 2.45) is 0 Å². The molecule has 0 N–H and O–H groups in total. The van der Waals surface area contributed by atoms with E-state index in [9.17, 15) is 9.59 Å². The second-order valence-corrected chi connectivity index (χ2v) is 5.91. The van der Waals surface area contributed by atoms with Gasteiger partial charge in [0, 0.05) is 25.6 Å². The highest BCUT2D eigenvalue weighted by atomic mass is 16.5. The van der Waals surface area contributed by atoms with Gasteiger partial charge in [-0.2, -0.15) is 0 Å². The zero-order valence-electron chi connectivity index (χ0n) is 11.9. The molecule has 4 rings (SSSR count). The fourth-order valence-corrected chi connectivity index (χ4v) is 3.84. The van der Waals surface area contributed by atoms with Crippen molar-refractivity contribution in [3.63, 3.8) is 0 Å². The van der Waals surface area contributed by atoms with Crippen LogP contribution in [0.2, 0.25) is 0 Å². The van der Waals surface area contributed by atoms with Crippen LogP contribution in [0.4, 0.5) is 0 Å². The zero-order chi connectivity index (χ0) is 14.6. The van der Waals surface area contributed by atoms with Crippen LogP contribution in [0.15, 0.2) is 10.6 Å². The second kappa shape index (κ2) is 4.30. The summed E-state index contributed by atoms with van der Waals surface area (Å²) in [6.07, 6.45) is 1.24. The van der Waals surface area contributed by atoms with Crippen LogP contribution in [0.1, 0.15) is 24.3 Å². The molecule has 2 amide bonds. The molecule has 3 fully saturated rings. The van der Waals surface area contributed by atoms with Crippen LogP contribution in [0.3, 0.4) is 0 Å². The summed E-state index contributed by atoms with van der Waals surface area (Å²) in [7, 11) is 0. The largest absolute Gasteiger partial charge is 0.361 e. The van der Waals surface area contributed by atoms with Crippen molar-refractivity contribution in [3.8, 4) is 0 Å². The van der Waals surface area contributed by atoms with Gasteiger partial charge in [-0.3, -0.25) is 9.59 Å². The molecule has 112 valence electrons. The van der Waals surface area contributed by atoms with Gasteiger partial charge in [-0.1, -0.05) is 5.16 Å². The van der Waals surface area contributed by atoms with E-state index in [-0.39, 0.29) is 24.3 Å². The van der Waals surface area contributed by atoms with Crippen molar-refractivity contribution < 1.29 is 18.8 Å². The first-order valence-corrected chi connectivity index (χ1v) is 7.26. The van der Waals surface area contributed by atoms with Gasteiger partial charge in [-0.15, -0.1) is 0 Å². The molecule has 4 heterocycles. The number of hydrogen-bond donors (Lipinski definition) is 0. The highest BCUT2D eigenvalue weighted by molar-refractivity contribution is 5.85. The molecule has 3 saturated heterocycles. The lowest BCUT2D eigenvalue weighted by molar-refractivity contribution is -0.139. The molecule has 7 nitrogen and oxygen atoms in total. The zero-order valence-corrected chi connectivity index (χ0v) is 11.9. The van der Waals surface area contributed by atoms with Crippen molar-refractivity contribution in [1.82, 2.24) is 15.0 Å². The van der Waals surface area contributed by atoms with Crippen LogP contribution in [0, 0.1) is 6.92 Å². The lowest BCUT2D eigenvalue weighted by Gasteiger charge is -2.31. The first-order chi connectivity index (χ1) is 10.1. The number of aryl methyl sites for hydroxylation is 1. The third kappa shape index (κ3) is 1.73. The predicted molar refractivity (Wildman–Crippen MR) is 70.1 cm³/mol. The van der Waals surface area contributed by atoms with Crippen molar-refractivity contribution in [3.05, 3.63) is 17.5 Å². The minimum absolute atomic E-state index is 0.0295. The summed E-state index contributed by atoms with van der Waals surface area (Å²) in [4.78, 5) is 28.2. The Balaban J connectivity index is 1.54. The number of amides is 2. The maximum atomic E-state index is 12.5. The average molecular weight is 291 g/mol. The lowest BCUT2D eigenvalue weighted by atomic mass is 10.1. The Kier molecular flexibility index (Phi) is 2.63. The van der Waals surface area contributed by atoms with E-state index < -0.39 is 5.72 Å². The maximum absolute atomic E-state index is 12.5. The molecule has 7 heteroatoms. The number of hydrogen-bond acceptors (Lipinski definition) is 5. The molecule has 3 aliphatic heterocycles. The van der Waals surface area contributed by atoms with E-state index >= 15 is 0 Å². The topological polar surface area (TPSA) is 75.9 Å². The van der Waals surface area contributed by atoms with Crippen LogP contribution in [-0.2, 0) is 20.7 Å². The van der Waals surface area contributed by atoms with E-state index in [4.69, 9.17) is 9.26 Å². The number of nitrogens with zero attached hydrogens (tertiary/aromatic N) is 3. The number of likely N-dealkylation sites (tertiary alicyclic amines) is 1. The van der Waals surface area contributed by atoms with Crippen molar-refractivity contribution in [1.29, 1.82) is 0 Å². The second-order valence-electron chi connectivity index (χ2n) is 5.91. The summed E-state index contributed by atoms with van der Waals surface area (Å²) in [5, 5.41) is 3.79. The molecule has 0 unspecified atom stereocenters. The van der Waals surface area contributed by atoms with Crippen LogP contribution in [-0.4, -0.2) is 58.2 Å². The lowest BCUT2D eigenvalue weighted by Crippen LogP contribution is -2.49. The Bertz CT molecular complexity index is 613. The average Bonchev–Trinajstić information content (AvgIpc) is 3.15. The monoisotopic (exact) mass is 291 g/mol. The summed E-state index contributed by atoms with van der Waals surface area (Å²) >= 11 is 0. The molecule has 0 aliphatic carbocycles. The van der Waals surface area contributed by atoms with Crippen LogP contribution >= 0.6 is 0 Å². The van der Waals surface area contributed by atoms with Gasteiger partial charge in [0.1, 0.15) is 5.76 Å². The molecule has 0 radical (unpaired) electrons. The highest BCUT2D eigenvalue weighted by Gasteiger charge is 2.62. The molecule has 0 bridgehead atoms. The predicted octanol–water partition coefficient (Wildman–Crippen LogP) is 0.0852. The maximum Gasteiger partial charge on any atom is 0.230 e. The van der Waals surface area contributed by atoms with Gasteiger partial charge in [0.15, 0.2) is 5.72 Å². The summed E-state index contributed by atoms with van der Waals surface area (Å²) in [6.45, 7) is 3.65. The summed E-state index contributed by atoms with van der Waals surface area (Å²) < 4.78 is 11.0. The Morgan fingerprint density at radius 1 is 1.52 bits per heavy atom. The smallest absolute Gasteiger partial charge is 0.230 e. The molecule has 1 aromatic rings. The molecule has 1 aromatic heterocycles. The minimum Gasteiger partial charge on any atom is -0.361 e. The molecule has 0 aromatic carbocycles. The first-order valence-electron chi connectivity index (χ1n) is 7.26. The fourth-order valence-electron chi connectivity index (χ4n) is 3.84. The Morgan fingerprint density at radius 2 is 2.38 bits per heavy atom. The number of carbonyl (C=O) groups excluding carboxylic acids is 2. The van der Waals surface area contributed by atoms with Gasteiger partial charge < -0.3 is 19.1 Å². The third-order valence-corrected chi connectivity index (χ3v) is 4.72. The van der Waals surface area contributed by atoms with E-state index in [1.165, 1.54) is 0 Å². The number of rotatable bonds is 2. The van der Waals surface area contributed by atoms with E-state index in [1.807, 2.05) is 11.8 Å². The SMILES string of the molecule is Cc1cc(CC(=O)N2CC[C@@]34OCCN3C(=O)C[C@@H]24)on1. The fraction of sp³-hybridized carbons (Fsp3) is 0.643. The normalized spacial score (nSPS) is 30.9. The molecular formula is C14H17N3O4. The van der Waals surface area contributed by atoms with Crippen LogP contribution < -0.4 is 0 Å². The van der Waals surface area contributed by atoms with E-state index in [1.54, 1.807) is 11.0 Å². The molecule has 21 heavy (non-hydrogen) atoms. The highest BCUT2D eigenvalue weighted by Crippen LogP contribution is 2.45. The quantitative estimate of drug-likeness (QED) is 0.771. The van der Waals surface area contributed by atoms with E-state index in [2.05, 4.69) is 5.16 Å². The van der Waals surface area contributed by atoms with Crippen molar-refractivity contribution in [2.45, 2.75) is 38.0 Å². The third-order valence-electron chi connectivity index (χ3n) is 4.72. The van der Waals surface area contributed by atoms with E-state index in [0.717, 1.165) is 5.69 Å². The summed E-state index contributed by atoms with van der Waals surface area (Å²) in [6, 6.07) is 1.60. The first kappa shape index (κ1) is 12.8. The summed E-state index contributed by atoms with van der Waals surface area (Å²) in [5.74, 6) is 0.621. The van der Waals surface area contributed by atoms with Crippen LogP contribution in [0.25, 0.3) is 0 Å². The Morgan fingerprint density at radius 3 is 3.14 bits per heavy atom. The van der Waals surface area contributed by atoms with Crippen molar-refractivity contribution in [2.75, 3.05) is 19.7 Å². The Hall–Kier alpha value is -1.89. The van der Waals surface area contributed by atoms with Gasteiger partial charge in [-0.05, 0) is 6.92 Å². The van der Waals surface area contributed by atoms with Gasteiger partial charge in [0.2, 0.25) is 11.8 Å². The van der Waals surface area contributed by atoms with Gasteiger partial charge >= 0.3 is 0 Å². The Labute approximate surface area is 121 Å². The minimum atomic E-state index is -0.565. The number of aromatic nitrogens is 1. The summed E-state index contributed by atoms with van der Waals surface area (Å²) in [5.41, 5.74) is 0.196. The standard InChI is InChI=1S/C14H17N3O4/c1-9-6-10(21-15-9)7-12(18)16-3-2-14-11(16)8-13(19)17(14)4-5-20-14/h6,11H,2-5,7-8H2,1H3/t11-,14+/m1/s1. The van der Waals surface area contributed by atoms with Crippen molar-refractivity contribution >= 4 is 11.8 Å². The van der Waals surface area contributed by atoms with E-state index in [0.29, 0.717) is 38.3 Å². The van der Waals surface area contributed by atoms with Crippen LogP contribution in [0.5, 0.6) is 0 Å². The number of carbonyl (C=O) groups is 2.